The smallest absolute Gasteiger partial charge is 0.261 e. The summed E-state index contributed by atoms with van der Waals surface area (Å²) in [6.07, 6.45) is 0. The van der Waals surface area contributed by atoms with E-state index < -0.39 is 0 Å². The van der Waals surface area contributed by atoms with Gasteiger partial charge in [-0.2, -0.15) is 0 Å². The van der Waals surface area contributed by atoms with Crippen molar-refractivity contribution in [3.05, 3.63) is 59.2 Å². The first kappa shape index (κ1) is 16.9. The minimum absolute atomic E-state index is 0.336. The predicted octanol–water partition coefficient (Wildman–Crippen LogP) is 4.22. The molecule has 5 nitrogen and oxygen atoms in total. The van der Waals surface area contributed by atoms with Gasteiger partial charge in [-0.3, -0.25) is 10.1 Å². The van der Waals surface area contributed by atoms with E-state index in [9.17, 15) is 9.18 Å². The first-order chi connectivity index (χ1) is 12.1. The number of anilines is 1. The predicted molar refractivity (Wildman–Crippen MR) is 95.0 cm³/mol. The molecule has 0 saturated heterocycles. The Morgan fingerprint density at radius 1 is 1.16 bits per heavy atom. The molecule has 1 aromatic heterocycles. The highest BCUT2D eigenvalue weighted by Crippen LogP contribution is 2.28. The van der Waals surface area contributed by atoms with E-state index in [2.05, 4.69) is 10.3 Å². The molecule has 0 saturated carbocycles. The van der Waals surface area contributed by atoms with Crippen LogP contribution < -0.4 is 14.8 Å². The van der Waals surface area contributed by atoms with E-state index in [0.717, 1.165) is 0 Å². The third-order valence-corrected chi connectivity index (χ3v) is 4.25. The molecular weight excluding hydrogens is 343 g/mol. The normalized spacial score (nSPS) is 10.4. The van der Waals surface area contributed by atoms with Gasteiger partial charge in [0.1, 0.15) is 17.3 Å². The summed E-state index contributed by atoms with van der Waals surface area (Å²) in [5.74, 6) is 0.277. The maximum Gasteiger partial charge on any atom is 0.261 e. The van der Waals surface area contributed by atoms with E-state index in [1.165, 1.54) is 37.7 Å². The van der Waals surface area contributed by atoms with Gasteiger partial charge in [0.05, 0.1) is 25.5 Å². The number of amides is 1. The van der Waals surface area contributed by atoms with Gasteiger partial charge in [-0.15, -0.1) is 11.3 Å². The van der Waals surface area contributed by atoms with Crippen LogP contribution >= 0.6 is 11.3 Å². The highest BCUT2D eigenvalue weighted by molar-refractivity contribution is 7.14. The van der Waals surface area contributed by atoms with Crippen LogP contribution in [0.4, 0.5) is 9.52 Å². The second-order valence-corrected chi connectivity index (χ2v) is 5.93. The van der Waals surface area contributed by atoms with Gasteiger partial charge in [-0.05, 0) is 30.3 Å². The van der Waals surface area contributed by atoms with Crippen LogP contribution in [-0.4, -0.2) is 25.1 Å². The molecule has 3 rings (SSSR count). The quantitative estimate of drug-likeness (QED) is 0.742. The number of benzene rings is 2. The Morgan fingerprint density at radius 3 is 2.72 bits per heavy atom. The molecule has 2 aromatic carbocycles. The molecule has 1 heterocycles. The van der Waals surface area contributed by atoms with Gasteiger partial charge in [-0.1, -0.05) is 12.1 Å². The van der Waals surface area contributed by atoms with E-state index in [-0.39, 0.29) is 11.7 Å². The topological polar surface area (TPSA) is 60.5 Å². The van der Waals surface area contributed by atoms with Crippen molar-refractivity contribution in [3.8, 4) is 22.8 Å². The lowest BCUT2D eigenvalue weighted by Crippen LogP contribution is -2.13. The highest BCUT2D eigenvalue weighted by Gasteiger charge is 2.16. The summed E-state index contributed by atoms with van der Waals surface area (Å²) < 4.78 is 23.7. The van der Waals surface area contributed by atoms with Crippen LogP contribution in [0.2, 0.25) is 0 Å². The number of nitrogens with one attached hydrogen (secondary N) is 1. The summed E-state index contributed by atoms with van der Waals surface area (Å²) in [7, 11) is 3.01. The zero-order valence-electron chi connectivity index (χ0n) is 13.6. The first-order valence-corrected chi connectivity index (χ1v) is 8.23. The third kappa shape index (κ3) is 3.77. The fourth-order valence-electron chi connectivity index (χ4n) is 2.27. The molecule has 7 heteroatoms. The number of nitrogens with zero attached hydrogens (tertiary/aromatic N) is 1. The molecule has 1 amide bonds. The maximum absolute atomic E-state index is 13.3. The van der Waals surface area contributed by atoms with Crippen molar-refractivity contribution in [1.29, 1.82) is 0 Å². The highest BCUT2D eigenvalue weighted by atomic mass is 32.1. The lowest BCUT2D eigenvalue weighted by Gasteiger charge is -2.09. The molecule has 1 N–H and O–H groups in total. The molecule has 0 unspecified atom stereocenters. The van der Waals surface area contributed by atoms with Crippen LogP contribution in [0.3, 0.4) is 0 Å². The fraction of sp³-hybridized carbons (Fsp3) is 0.111. The van der Waals surface area contributed by atoms with Gasteiger partial charge in [0.15, 0.2) is 5.13 Å². The molecule has 0 fully saturated rings. The minimum atomic E-state index is -0.365. The number of aromatic nitrogens is 1. The van der Waals surface area contributed by atoms with Gasteiger partial charge in [0.2, 0.25) is 0 Å². The summed E-state index contributed by atoms with van der Waals surface area (Å²) in [5, 5.41) is 4.90. The molecule has 0 spiro atoms. The van der Waals surface area contributed by atoms with Crippen LogP contribution in [0.1, 0.15) is 10.4 Å². The lowest BCUT2D eigenvalue weighted by atomic mass is 10.1. The van der Waals surface area contributed by atoms with Crippen molar-refractivity contribution >= 4 is 22.4 Å². The number of methoxy groups -OCH3 is 2. The standard InChI is InChI=1S/C18H15FN2O3S/c1-23-13-6-7-16(24-2)14(9-13)17(22)21-18-20-15(10-25-18)11-4-3-5-12(19)8-11/h3-10H,1-2H3,(H,20,21,22). The number of hydrogen-bond donors (Lipinski definition) is 1. The van der Waals surface area contributed by atoms with Crippen molar-refractivity contribution in [2.24, 2.45) is 0 Å². The van der Waals surface area contributed by atoms with Crippen molar-refractivity contribution in [1.82, 2.24) is 4.98 Å². The number of hydrogen-bond acceptors (Lipinski definition) is 5. The van der Waals surface area contributed by atoms with Crippen LogP contribution in [-0.2, 0) is 0 Å². The van der Waals surface area contributed by atoms with E-state index in [0.29, 0.717) is 33.5 Å². The van der Waals surface area contributed by atoms with E-state index >= 15 is 0 Å². The van der Waals surface area contributed by atoms with Gasteiger partial charge in [0.25, 0.3) is 5.91 Å². The van der Waals surface area contributed by atoms with Crippen molar-refractivity contribution < 1.29 is 18.7 Å². The average Bonchev–Trinajstić information content (AvgIpc) is 3.09. The Bertz CT molecular complexity index is 911. The Kier molecular flexibility index (Phi) is 4.95. The van der Waals surface area contributed by atoms with Gasteiger partial charge >= 0.3 is 0 Å². The van der Waals surface area contributed by atoms with Crippen molar-refractivity contribution in [2.45, 2.75) is 0 Å². The first-order valence-electron chi connectivity index (χ1n) is 7.35. The Balaban J connectivity index is 1.82. The minimum Gasteiger partial charge on any atom is -0.497 e. The average molecular weight is 358 g/mol. The number of carbonyl (C=O) groups is 1. The van der Waals surface area contributed by atoms with Gasteiger partial charge < -0.3 is 9.47 Å². The monoisotopic (exact) mass is 358 g/mol. The molecule has 25 heavy (non-hydrogen) atoms. The van der Waals surface area contributed by atoms with Gasteiger partial charge in [0, 0.05) is 10.9 Å². The molecule has 0 bridgehead atoms. The zero-order chi connectivity index (χ0) is 17.8. The Morgan fingerprint density at radius 2 is 2.00 bits per heavy atom. The van der Waals surface area contributed by atoms with E-state index in [1.807, 2.05) is 0 Å². The largest absolute Gasteiger partial charge is 0.497 e. The van der Waals surface area contributed by atoms with Crippen LogP contribution in [0, 0.1) is 5.82 Å². The van der Waals surface area contributed by atoms with Crippen molar-refractivity contribution in [2.75, 3.05) is 19.5 Å². The lowest BCUT2D eigenvalue weighted by molar-refractivity contribution is 0.102. The van der Waals surface area contributed by atoms with Crippen molar-refractivity contribution in [3.63, 3.8) is 0 Å². The molecule has 0 radical (unpaired) electrons. The van der Waals surface area contributed by atoms with Crippen LogP contribution in [0.25, 0.3) is 11.3 Å². The third-order valence-electron chi connectivity index (χ3n) is 3.50. The molecule has 0 aliphatic rings. The molecule has 0 aliphatic heterocycles. The number of ether oxygens (including phenoxy) is 2. The Labute approximate surface area is 148 Å². The maximum atomic E-state index is 13.3. The zero-order valence-corrected chi connectivity index (χ0v) is 14.4. The fourth-order valence-corrected chi connectivity index (χ4v) is 2.98. The van der Waals surface area contributed by atoms with Gasteiger partial charge in [-0.25, -0.2) is 9.37 Å². The second-order valence-electron chi connectivity index (χ2n) is 5.07. The summed E-state index contributed by atoms with van der Waals surface area (Å²) in [6.45, 7) is 0. The number of halogens is 1. The molecule has 3 aromatic rings. The SMILES string of the molecule is COc1ccc(OC)c(C(=O)Nc2nc(-c3cccc(F)c3)cs2)c1. The molecule has 128 valence electrons. The van der Waals surface area contributed by atoms with Crippen LogP contribution in [0.15, 0.2) is 47.8 Å². The summed E-state index contributed by atoms with van der Waals surface area (Å²) in [4.78, 5) is 16.9. The summed E-state index contributed by atoms with van der Waals surface area (Å²) >= 11 is 1.26. The summed E-state index contributed by atoms with van der Waals surface area (Å²) in [5.41, 5.74) is 1.58. The second kappa shape index (κ2) is 7.31. The Hall–Kier alpha value is -2.93. The number of carbonyl (C=O) groups excluding carboxylic acids is 1. The molecule has 0 atom stereocenters. The van der Waals surface area contributed by atoms with Crippen LogP contribution in [0.5, 0.6) is 11.5 Å². The number of thiazole rings is 1. The van der Waals surface area contributed by atoms with E-state index in [4.69, 9.17) is 9.47 Å². The van der Waals surface area contributed by atoms with E-state index in [1.54, 1.807) is 35.7 Å². The number of rotatable bonds is 5. The molecular formula is C18H15FN2O3S. The summed E-state index contributed by atoms with van der Waals surface area (Å²) in [6, 6.07) is 11.1. The molecule has 0 aliphatic carbocycles.